The molecule has 2 nitrogen and oxygen atoms in total. The summed E-state index contributed by atoms with van der Waals surface area (Å²) in [4.78, 5) is 0. The maximum Gasteiger partial charge on any atom is 0.220 e. The molecule has 4 heteroatoms. The second-order valence-electron chi connectivity index (χ2n) is 7.51. The average Bonchev–Trinajstić information content (AvgIpc) is 2.35. The molecule has 0 saturated heterocycles. The van der Waals surface area contributed by atoms with Crippen LogP contribution in [0.5, 0.6) is 5.75 Å². The van der Waals surface area contributed by atoms with Gasteiger partial charge in [-0.25, -0.2) is 0 Å². The Balaban J connectivity index is 3.21. The third kappa shape index (κ3) is 5.17. The Morgan fingerprint density at radius 1 is 1.09 bits per heavy atom. The number of thiocarbonyl (C=S) groups is 1. The van der Waals surface area contributed by atoms with E-state index in [1.54, 1.807) is 0 Å². The molecule has 0 radical (unpaired) electrons. The van der Waals surface area contributed by atoms with Crippen molar-refractivity contribution in [2.24, 2.45) is 0 Å². The highest BCUT2D eigenvalue weighted by molar-refractivity contribution is 8.22. The lowest BCUT2D eigenvalue weighted by molar-refractivity contribution is 0.346. The molecule has 0 aliphatic carbocycles. The molecule has 1 aromatic carbocycles. The van der Waals surface area contributed by atoms with Gasteiger partial charge in [-0.2, -0.15) is 0 Å². The molecule has 0 spiro atoms. The molecule has 0 heterocycles. The van der Waals surface area contributed by atoms with Gasteiger partial charge in [0.25, 0.3) is 0 Å². The Kier molecular flexibility index (Phi) is 6.34. The fraction of sp³-hybridized carbons (Fsp3) is 0.611. The lowest BCUT2D eigenvalue weighted by atomic mass is 9.78. The van der Waals surface area contributed by atoms with Crippen LogP contribution in [-0.2, 0) is 21.3 Å². The van der Waals surface area contributed by atoms with Gasteiger partial charge in [-0.3, -0.25) is 0 Å². The number of aromatic hydroxyl groups is 1. The van der Waals surface area contributed by atoms with E-state index in [9.17, 15) is 5.11 Å². The summed E-state index contributed by atoms with van der Waals surface area (Å²) >= 11 is 6.71. The first kappa shape index (κ1) is 19.3. The monoisotopic (exact) mass is 340 g/mol. The zero-order valence-corrected chi connectivity index (χ0v) is 16.4. The summed E-state index contributed by atoms with van der Waals surface area (Å²) in [7, 11) is 0. The Bertz CT molecular complexity index is 502. The fourth-order valence-electron chi connectivity index (χ4n) is 2.22. The highest BCUT2D eigenvalue weighted by Crippen LogP contribution is 2.40. The minimum absolute atomic E-state index is 0.106. The number of ether oxygens (including phenoxy) is 1. The summed E-state index contributed by atoms with van der Waals surface area (Å²) in [6.45, 7) is 15.3. The van der Waals surface area contributed by atoms with Crippen molar-refractivity contribution in [3.8, 4) is 5.75 Å². The number of benzene rings is 1. The number of phenolic OH excluding ortho intramolecular Hbond substituents is 1. The lowest BCUT2D eigenvalue weighted by Crippen LogP contribution is -2.17. The van der Waals surface area contributed by atoms with Crippen molar-refractivity contribution in [3.63, 3.8) is 0 Å². The van der Waals surface area contributed by atoms with Gasteiger partial charge in [0.2, 0.25) is 4.38 Å². The van der Waals surface area contributed by atoms with Crippen LogP contribution in [0.25, 0.3) is 0 Å². The molecule has 0 bridgehead atoms. The molecule has 0 saturated carbocycles. The average molecular weight is 341 g/mol. The number of rotatable bonds is 3. The molecule has 0 aliphatic heterocycles. The molecule has 0 unspecified atom stereocenters. The summed E-state index contributed by atoms with van der Waals surface area (Å²) in [5, 5.41) is 10.7. The summed E-state index contributed by atoms with van der Waals surface area (Å²) in [5.74, 6) is 1.17. The van der Waals surface area contributed by atoms with Crippen LogP contribution in [0.1, 0.15) is 65.2 Å². The van der Waals surface area contributed by atoms with E-state index in [1.807, 2.05) is 6.92 Å². The van der Waals surface area contributed by atoms with E-state index in [0.29, 0.717) is 16.7 Å². The van der Waals surface area contributed by atoms with Crippen LogP contribution < -0.4 is 0 Å². The normalized spacial score (nSPS) is 12.3. The second-order valence-corrected chi connectivity index (χ2v) is 9.09. The Morgan fingerprint density at radius 3 is 1.91 bits per heavy atom. The Morgan fingerprint density at radius 2 is 1.55 bits per heavy atom. The number of phenols is 1. The van der Waals surface area contributed by atoms with Crippen molar-refractivity contribution in [1.29, 1.82) is 0 Å². The molecule has 0 aliphatic rings. The SMILES string of the molecule is CCOC(=S)SCc1cc(C(C)(C)C)c(O)c(C(C)(C)C)c1. The van der Waals surface area contributed by atoms with Crippen LogP contribution in [0.2, 0.25) is 0 Å². The van der Waals surface area contributed by atoms with Crippen LogP contribution >= 0.6 is 24.0 Å². The number of hydrogen-bond donors (Lipinski definition) is 1. The molecule has 1 aromatic rings. The maximum absolute atomic E-state index is 10.7. The van der Waals surface area contributed by atoms with Gasteiger partial charge in [-0.05, 0) is 46.7 Å². The zero-order valence-electron chi connectivity index (χ0n) is 14.7. The van der Waals surface area contributed by atoms with Crippen molar-refractivity contribution in [1.82, 2.24) is 0 Å². The van der Waals surface area contributed by atoms with Crippen LogP contribution in [0.15, 0.2) is 12.1 Å². The van der Waals surface area contributed by atoms with Crippen LogP contribution in [0.4, 0.5) is 0 Å². The first-order valence-electron chi connectivity index (χ1n) is 7.63. The van der Waals surface area contributed by atoms with Crippen molar-refractivity contribution in [2.75, 3.05) is 6.61 Å². The van der Waals surface area contributed by atoms with Gasteiger partial charge in [0.1, 0.15) is 5.75 Å². The largest absolute Gasteiger partial charge is 0.507 e. The molecule has 22 heavy (non-hydrogen) atoms. The van der Waals surface area contributed by atoms with Crippen molar-refractivity contribution in [3.05, 3.63) is 28.8 Å². The maximum atomic E-state index is 10.7. The predicted octanol–water partition coefficient (Wildman–Crippen LogP) is 5.54. The molecule has 124 valence electrons. The van der Waals surface area contributed by atoms with Crippen LogP contribution in [-0.4, -0.2) is 16.1 Å². The highest BCUT2D eigenvalue weighted by Gasteiger charge is 2.26. The van der Waals surface area contributed by atoms with Gasteiger partial charge in [-0.15, -0.1) is 0 Å². The van der Waals surface area contributed by atoms with Gasteiger partial charge in [-0.1, -0.05) is 65.4 Å². The molecule has 0 fully saturated rings. The smallest absolute Gasteiger partial charge is 0.220 e. The molecule has 0 aromatic heterocycles. The van der Waals surface area contributed by atoms with E-state index in [2.05, 4.69) is 53.7 Å². The predicted molar refractivity (Wildman–Crippen MR) is 101 cm³/mol. The van der Waals surface area contributed by atoms with Crippen LogP contribution in [0, 0.1) is 0 Å². The van der Waals surface area contributed by atoms with Crippen molar-refractivity contribution >= 4 is 28.4 Å². The lowest BCUT2D eigenvalue weighted by Gasteiger charge is -2.28. The minimum Gasteiger partial charge on any atom is -0.507 e. The Hall–Kier alpha value is -0.740. The van der Waals surface area contributed by atoms with Gasteiger partial charge in [0.05, 0.1) is 6.61 Å². The van der Waals surface area contributed by atoms with E-state index in [0.717, 1.165) is 16.9 Å². The van der Waals surface area contributed by atoms with Gasteiger partial charge >= 0.3 is 0 Å². The first-order valence-corrected chi connectivity index (χ1v) is 9.02. The second kappa shape index (κ2) is 7.22. The number of hydrogen-bond acceptors (Lipinski definition) is 4. The minimum atomic E-state index is -0.106. The summed E-state index contributed by atoms with van der Waals surface area (Å²) in [6, 6.07) is 4.18. The van der Waals surface area contributed by atoms with Crippen molar-refractivity contribution < 1.29 is 9.84 Å². The third-order valence-corrected chi connectivity index (χ3v) is 4.71. The molecule has 1 rings (SSSR count). The van der Waals surface area contributed by atoms with E-state index in [-0.39, 0.29) is 10.8 Å². The van der Waals surface area contributed by atoms with Gasteiger partial charge in [0.15, 0.2) is 0 Å². The van der Waals surface area contributed by atoms with E-state index in [1.165, 1.54) is 17.3 Å². The molecular formula is C18H28O2S2. The van der Waals surface area contributed by atoms with E-state index >= 15 is 0 Å². The summed E-state index contributed by atoms with van der Waals surface area (Å²) in [6.07, 6.45) is 0. The molecule has 1 N–H and O–H groups in total. The van der Waals surface area contributed by atoms with Gasteiger partial charge < -0.3 is 9.84 Å². The number of thioether (sulfide) groups is 1. The molecule has 0 atom stereocenters. The van der Waals surface area contributed by atoms with E-state index in [4.69, 9.17) is 17.0 Å². The topological polar surface area (TPSA) is 29.5 Å². The summed E-state index contributed by atoms with van der Waals surface area (Å²) in [5.41, 5.74) is 2.92. The molecule has 0 amide bonds. The first-order chi connectivity index (χ1) is 9.96. The van der Waals surface area contributed by atoms with E-state index < -0.39 is 0 Å². The van der Waals surface area contributed by atoms with Gasteiger partial charge in [0, 0.05) is 5.75 Å². The fourth-order valence-corrected chi connectivity index (χ4v) is 3.17. The standard InChI is InChI=1S/C18H28O2S2/c1-8-20-16(21)22-11-12-9-13(17(2,3)4)15(19)14(10-12)18(5,6)7/h9-10,19H,8,11H2,1-7H3. The summed E-state index contributed by atoms with van der Waals surface area (Å²) < 4.78 is 5.90. The molecular weight excluding hydrogens is 312 g/mol. The quantitative estimate of drug-likeness (QED) is 0.731. The van der Waals surface area contributed by atoms with Crippen LogP contribution in [0.3, 0.4) is 0 Å². The zero-order chi connectivity index (χ0) is 17.1. The third-order valence-electron chi connectivity index (χ3n) is 3.40. The highest BCUT2D eigenvalue weighted by atomic mass is 32.2. The Labute approximate surface area is 144 Å². The van der Waals surface area contributed by atoms with Crippen molar-refractivity contribution in [2.45, 2.75) is 65.0 Å².